The molecule has 1 atom stereocenters. The maximum Gasteiger partial charge on any atom is 0.321 e. The van der Waals surface area contributed by atoms with Crippen molar-refractivity contribution in [1.82, 2.24) is 4.98 Å². The fourth-order valence-electron chi connectivity index (χ4n) is 2.01. The van der Waals surface area contributed by atoms with Gasteiger partial charge in [-0.15, -0.1) is 0 Å². The van der Waals surface area contributed by atoms with Crippen molar-refractivity contribution in [3.05, 3.63) is 36.0 Å². The fraction of sp³-hybridized carbons (Fsp3) is 0.167. The van der Waals surface area contributed by atoms with Gasteiger partial charge in [0.1, 0.15) is 0 Å². The number of hydrogen-bond donors (Lipinski definition) is 1. The summed E-state index contributed by atoms with van der Waals surface area (Å²) in [6.45, 7) is 0. The van der Waals surface area contributed by atoms with Gasteiger partial charge in [-0.3, -0.25) is 9.59 Å². The van der Waals surface area contributed by atoms with Crippen LogP contribution in [0.5, 0.6) is 0 Å². The first kappa shape index (κ1) is 9.15. The van der Waals surface area contributed by atoms with Crippen molar-refractivity contribution in [1.29, 1.82) is 0 Å². The first-order chi connectivity index (χ1) is 7.74. The van der Waals surface area contributed by atoms with Crippen LogP contribution in [0, 0.1) is 0 Å². The molecule has 0 aliphatic carbocycles. The van der Waals surface area contributed by atoms with Gasteiger partial charge < -0.3 is 9.72 Å². The molecule has 1 aromatic heterocycles. The number of benzene rings is 1. The Morgan fingerprint density at radius 2 is 2.12 bits per heavy atom. The number of H-pyrrole nitrogens is 1. The van der Waals surface area contributed by atoms with Crippen LogP contribution in [-0.2, 0) is 14.3 Å². The largest absolute Gasteiger partial charge is 0.393 e. The monoisotopic (exact) mass is 215 g/mol. The predicted octanol–water partition coefficient (Wildman–Crippen LogP) is 1.72. The lowest BCUT2D eigenvalue weighted by Gasteiger charge is -2.04. The van der Waals surface area contributed by atoms with Crippen molar-refractivity contribution < 1.29 is 14.3 Å². The summed E-state index contributed by atoms with van der Waals surface area (Å²) in [6, 6.07) is 7.63. The molecule has 2 aromatic rings. The molecule has 80 valence electrons. The van der Waals surface area contributed by atoms with Gasteiger partial charge in [-0.25, -0.2) is 0 Å². The molecule has 4 heteroatoms. The zero-order chi connectivity index (χ0) is 11.1. The predicted molar refractivity (Wildman–Crippen MR) is 56.8 cm³/mol. The Bertz CT molecular complexity index is 585. The minimum Gasteiger partial charge on any atom is -0.393 e. The van der Waals surface area contributed by atoms with E-state index in [2.05, 4.69) is 9.72 Å². The van der Waals surface area contributed by atoms with Crippen LogP contribution in [-0.4, -0.2) is 16.9 Å². The molecule has 0 spiro atoms. The van der Waals surface area contributed by atoms with Gasteiger partial charge in [0.15, 0.2) is 0 Å². The lowest BCUT2D eigenvalue weighted by atomic mass is 9.97. The molecule has 1 aromatic carbocycles. The number of hydrogen-bond acceptors (Lipinski definition) is 3. The second-order valence-electron chi connectivity index (χ2n) is 3.87. The van der Waals surface area contributed by atoms with Crippen LogP contribution in [0.4, 0.5) is 0 Å². The number of fused-ring (bicyclic) bond motifs is 1. The number of aromatic nitrogens is 1. The number of aromatic amines is 1. The van der Waals surface area contributed by atoms with Crippen LogP contribution in [0.1, 0.15) is 17.9 Å². The van der Waals surface area contributed by atoms with E-state index in [1.165, 1.54) is 0 Å². The number of esters is 2. The highest BCUT2D eigenvalue weighted by atomic mass is 16.6. The zero-order valence-corrected chi connectivity index (χ0v) is 8.40. The first-order valence-electron chi connectivity index (χ1n) is 5.05. The highest BCUT2D eigenvalue weighted by molar-refractivity contribution is 5.98. The third kappa shape index (κ3) is 1.31. The van der Waals surface area contributed by atoms with Gasteiger partial charge in [0.25, 0.3) is 0 Å². The topological polar surface area (TPSA) is 59.2 Å². The molecule has 1 saturated heterocycles. The maximum absolute atomic E-state index is 11.4. The second kappa shape index (κ2) is 3.20. The molecule has 0 bridgehead atoms. The number of cyclic esters (lactones) is 2. The molecule has 2 heterocycles. The summed E-state index contributed by atoms with van der Waals surface area (Å²) >= 11 is 0. The molecular formula is C12H9NO3. The average molecular weight is 215 g/mol. The van der Waals surface area contributed by atoms with Crippen LogP contribution in [0.3, 0.4) is 0 Å². The van der Waals surface area contributed by atoms with Gasteiger partial charge in [0.05, 0.1) is 12.3 Å². The van der Waals surface area contributed by atoms with E-state index in [-0.39, 0.29) is 6.42 Å². The summed E-state index contributed by atoms with van der Waals surface area (Å²) in [5.41, 5.74) is 1.79. The highest BCUT2D eigenvalue weighted by Crippen LogP contribution is 2.29. The Hall–Kier alpha value is -2.10. The number of carbonyl (C=O) groups excluding carboxylic acids is 2. The van der Waals surface area contributed by atoms with Crippen molar-refractivity contribution in [3.63, 3.8) is 0 Å². The van der Waals surface area contributed by atoms with Gasteiger partial charge >= 0.3 is 11.9 Å². The van der Waals surface area contributed by atoms with Gasteiger partial charge in [-0.05, 0) is 23.1 Å². The van der Waals surface area contributed by atoms with Crippen molar-refractivity contribution >= 4 is 22.8 Å². The highest BCUT2D eigenvalue weighted by Gasteiger charge is 2.34. The number of rotatable bonds is 1. The second-order valence-corrected chi connectivity index (χ2v) is 3.87. The molecule has 1 aliphatic rings. The van der Waals surface area contributed by atoms with E-state index in [0.29, 0.717) is 0 Å². The molecule has 16 heavy (non-hydrogen) atoms. The minimum absolute atomic E-state index is 0.144. The van der Waals surface area contributed by atoms with Crippen molar-refractivity contribution in [2.75, 3.05) is 0 Å². The van der Waals surface area contributed by atoms with E-state index in [4.69, 9.17) is 0 Å². The molecule has 0 radical (unpaired) electrons. The van der Waals surface area contributed by atoms with Crippen molar-refractivity contribution in [2.45, 2.75) is 12.3 Å². The van der Waals surface area contributed by atoms with Crippen LogP contribution in [0.2, 0.25) is 0 Å². The first-order valence-corrected chi connectivity index (χ1v) is 5.05. The van der Waals surface area contributed by atoms with Crippen LogP contribution < -0.4 is 0 Å². The van der Waals surface area contributed by atoms with Gasteiger partial charge in [-0.2, -0.15) is 0 Å². The minimum atomic E-state index is -0.448. The summed E-state index contributed by atoms with van der Waals surface area (Å²) in [6.07, 6.45) is 1.98. The van der Waals surface area contributed by atoms with E-state index < -0.39 is 17.9 Å². The lowest BCUT2D eigenvalue weighted by molar-refractivity contribution is -0.152. The Morgan fingerprint density at radius 1 is 1.25 bits per heavy atom. The van der Waals surface area contributed by atoms with Crippen molar-refractivity contribution in [3.8, 4) is 0 Å². The third-order valence-electron chi connectivity index (χ3n) is 2.85. The summed E-state index contributed by atoms with van der Waals surface area (Å²) in [7, 11) is 0. The molecular weight excluding hydrogens is 206 g/mol. The molecule has 1 unspecified atom stereocenters. The smallest absolute Gasteiger partial charge is 0.321 e. The zero-order valence-electron chi connectivity index (χ0n) is 8.40. The summed E-state index contributed by atoms with van der Waals surface area (Å²) < 4.78 is 4.53. The Morgan fingerprint density at radius 3 is 2.88 bits per heavy atom. The molecule has 4 nitrogen and oxygen atoms in total. The Balaban J connectivity index is 2.05. The molecule has 1 aliphatic heterocycles. The third-order valence-corrected chi connectivity index (χ3v) is 2.85. The van der Waals surface area contributed by atoms with Crippen LogP contribution in [0.15, 0.2) is 30.5 Å². The van der Waals surface area contributed by atoms with Gasteiger partial charge in [0.2, 0.25) is 0 Å². The molecule has 1 N–H and O–H groups in total. The number of carbonyl (C=O) groups is 2. The SMILES string of the molecule is O=C1CC(c2ccc3cc[nH]c3c2)C(=O)O1. The molecule has 1 fully saturated rings. The molecule has 3 rings (SSSR count). The maximum atomic E-state index is 11.4. The van der Waals surface area contributed by atoms with E-state index in [1.54, 1.807) is 0 Å². The quantitative estimate of drug-likeness (QED) is 0.582. The molecule has 0 saturated carbocycles. The standard InChI is InChI=1S/C12H9NO3/c14-11-6-9(12(15)16-11)8-2-1-7-3-4-13-10(7)5-8/h1-5,9,13H,6H2. The molecule has 0 amide bonds. The summed E-state index contributed by atoms with van der Waals surface area (Å²) in [5.74, 6) is -1.34. The fourth-order valence-corrected chi connectivity index (χ4v) is 2.01. The van der Waals surface area contributed by atoms with Gasteiger partial charge in [0, 0.05) is 11.7 Å². The van der Waals surface area contributed by atoms with Crippen LogP contribution >= 0.6 is 0 Å². The van der Waals surface area contributed by atoms with E-state index in [1.807, 2.05) is 30.5 Å². The summed E-state index contributed by atoms with van der Waals surface area (Å²) in [4.78, 5) is 25.5. The number of ether oxygens (including phenoxy) is 1. The lowest BCUT2D eigenvalue weighted by Crippen LogP contribution is -2.05. The number of nitrogens with one attached hydrogen (secondary N) is 1. The van der Waals surface area contributed by atoms with E-state index >= 15 is 0 Å². The van der Waals surface area contributed by atoms with Crippen molar-refractivity contribution in [2.24, 2.45) is 0 Å². The summed E-state index contributed by atoms with van der Waals surface area (Å²) in [5, 5.41) is 1.08. The average Bonchev–Trinajstić information content (AvgIpc) is 2.83. The Kier molecular flexibility index (Phi) is 1.83. The van der Waals surface area contributed by atoms with E-state index in [9.17, 15) is 9.59 Å². The normalized spacial score (nSPS) is 20.4. The van der Waals surface area contributed by atoms with Crippen LogP contribution in [0.25, 0.3) is 10.9 Å². The van der Waals surface area contributed by atoms with E-state index in [0.717, 1.165) is 16.5 Å². The Labute approximate surface area is 91.2 Å². The van der Waals surface area contributed by atoms with Gasteiger partial charge in [-0.1, -0.05) is 12.1 Å².